The van der Waals surface area contributed by atoms with Crippen molar-refractivity contribution in [3.8, 4) is 11.8 Å². The molecule has 22 heavy (non-hydrogen) atoms. The third kappa shape index (κ3) is 4.53. The molecule has 0 aliphatic heterocycles. The first-order valence-electron chi connectivity index (χ1n) is 6.09. The predicted octanol–water partition coefficient (Wildman–Crippen LogP) is 3.66. The van der Waals surface area contributed by atoms with E-state index in [0.29, 0.717) is 15.4 Å². The molecule has 0 aliphatic rings. The molecule has 2 rings (SSSR count). The second-order valence-electron chi connectivity index (χ2n) is 4.24. The molecule has 1 aromatic heterocycles. The van der Waals surface area contributed by atoms with E-state index in [1.807, 2.05) is 0 Å². The number of hydrogen-bond acceptors (Lipinski definition) is 3. The predicted molar refractivity (Wildman–Crippen MR) is 77.9 cm³/mol. The minimum atomic E-state index is -4.36. The standard InChI is InChI=1S/C15H10F3NO2S/c16-15(17,18)11-4-1-10(2-5-11)3-6-12-7-8-13(22-12)19-9-14(20)21/h1-2,4-5,7-8,19H,9H2,(H,20,21). The summed E-state index contributed by atoms with van der Waals surface area (Å²) in [5.41, 5.74) is -0.240. The summed E-state index contributed by atoms with van der Waals surface area (Å²) in [5, 5.41) is 11.9. The van der Waals surface area contributed by atoms with Crippen molar-refractivity contribution in [2.75, 3.05) is 11.9 Å². The molecule has 3 nitrogen and oxygen atoms in total. The van der Waals surface area contributed by atoms with Crippen molar-refractivity contribution < 1.29 is 23.1 Å². The number of halogens is 3. The number of aliphatic carboxylic acids is 1. The van der Waals surface area contributed by atoms with E-state index < -0.39 is 17.7 Å². The van der Waals surface area contributed by atoms with E-state index in [0.717, 1.165) is 12.1 Å². The van der Waals surface area contributed by atoms with Crippen LogP contribution in [0, 0.1) is 11.8 Å². The molecule has 2 aromatic rings. The Balaban J connectivity index is 2.05. The summed E-state index contributed by atoms with van der Waals surface area (Å²) in [6, 6.07) is 8.01. The van der Waals surface area contributed by atoms with Gasteiger partial charge in [-0.25, -0.2) is 0 Å². The molecule has 0 atom stereocenters. The minimum absolute atomic E-state index is 0.188. The van der Waals surface area contributed by atoms with E-state index in [2.05, 4.69) is 17.2 Å². The molecule has 0 bridgehead atoms. The Bertz CT molecular complexity index is 724. The van der Waals surface area contributed by atoms with Crippen LogP contribution in [0.3, 0.4) is 0 Å². The van der Waals surface area contributed by atoms with E-state index in [1.54, 1.807) is 12.1 Å². The van der Waals surface area contributed by atoms with Gasteiger partial charge in [-0.1, -0.05) is 11.8 Å². The van der Waals surface area contributed by atoms with Crippen molar-refractivity contribution in [1.82, 2.24) is 0 Å². The third-order valence-corrected chi connectivity index (χ3v) is 3.52. The topological polar surface area (TPSA) is 49.3 Å². The fraction of sp³-hybridized carbons (Fsp3) is 0.133. The lowest BCUT2D eigenvalue weighted by atomic mass is 10.1. The maximum atomic E-state index is 12.4. The van der Waals surface area contributed by atoms with Gasteiger partial charge in [0.15, 0.2) is 0 Å². The monoisotopic (exact) mass is 325 g/mol. The summed E-state index contributed by atoms with van der Waals surface area (Å²) >= 11 is 1.27. The van der Waals surface area contributed by atoms with Gasteiger partial charge in [-0.3, -0.25) is 4.79 Å². The van der Waals surface area contributed by atoms with E-state index in [4.69, 9.17) is 5.11 Å². The van der Waals surface area contributed by atoms with Crippen LogP contribution < -0.4 is 5.32 Å². The number of carbonyl (C=O) groups is 1. The Labute approximate surface area is 128 Å². The first-order chi connectivity index (χ1) is 10.3. The van der Waals surface area contributed by atoms with Crippen molar-refractivity contribution in [1.29, 1.82) is 0 Å². The van der Waals surface area contributed by atoms with Crippen LogP contribution in [0.2, 0.25) is 0 Å². The highest BCUT2D eigenvalue weighted by molar-refractivity contribution is 7.16. The molecule has 0 spiro atoms. The van der Waals surface area contributed by atoms with Crippen molar-refractivity contribution in [3.63, 3.8) is 0 Å². The van der Waals surface area contributed by atoms with E-state index in [1.165, 1.54) is 23.5 Å². The highest BCUT2D eigenvalue weighted by Crippen LogP contribution is 2.29. The molecule has 1 aromatic carbocycles. The molecule has 7 heteroatoms. The van der Waals surface area contributed by atoms with Gasteiger partial charge in [0.1, 0.15) is 6.54 Å². The quantitative estimate of drug-likeness (QED) is 0.847. The van der Waals surface area contributed by atoms with Gasteiger partial charge < -0.3 is 10.4 Å². The third-order valence-electron chi connectivity index (χ3n) is 2.56. The fourth-order valence-electron chi connectivity index (χ4n) is 1.54. The van der Waals surface area contributed by atoms with Crippen molar-refractivity contribution in [2.45, 2.75) is 6.18 Å². The Kier molecular flexibility index (Phi) is 4.73. The van der Waals surface area contributed by atoms with Gasteiger partial charge in [0.2, 0.25) is 0 Å². The van der Waals surface area contributed by atoms with Gasteiger partial charge >= 0.3 is 12.1 Å². The van der Waals surface area contributed by atoms with Gasteiger partial charge in [-0.05, 0) is 36.4 Å². The number of carboxylic acid groups (broad SMARTS) is 1. The van der Waals surface area contributed by atoms with Crippen LogP contribution in [0.4, 0.5) is 18.2 Å². The summed E-state index contributed by atoms with van der Waals surface area (Å²) < 4.78 is 37.3. The molecular weight excluding hydrogens is 315 g/mol. The Morgan fingerprint density at radius 2 is 1.82 bits per heavy atom. The fourth-order valence-corrected chi connectivity index (χ4v) is 2.29. The van der Waals surface area contributed by atoms with Gasteiger partial charge in [0.25, 0.3) is 0 Å². The van der Waals surface area contributed by atoms with Gasteiger partial charge in [-0.15, -0.1) is 11.3 Å². The van der Waals surface area contributed by atoms with Crippen molar-refractivity contribution in [2.24, 2.45) is 0 Å². The van der Waals surface area contributed by atoms with Crippen molar-refractivity contribution >= 4 is 22.3 Å². The van der Waals surface area contributed by atoms with E-state index >= 15 is 0 Å². The van der Waals surface area contributed by atoms with Gasteiger partial charge in [0.05, 0.1) is 15.4 Å². The van der Waals surface area contributed by atoms with Crippen LogP contribution in [0.25, 0.3) is 0 Å². The number of alkyl halides is 3. The molecule has 114 valence electrons. The maximum absolute atomic E-state index is 12.4. The average Bonchev–Trinajstić information content (AvgIpc) is 2.90. The van der Waals surface area contributed by atoms with Crippen LogP contribution in [0.1, 0.15) is 16.0 Å². The largest absolute Gasteiger partial charge is 0.480 e. The second kappa shape index (κ2) is 6.54. The zero-order chi connectivity index (χ0) is 16.2. The summed E-state index contributed by atoms with van der Waals surface area (Å²) in [4.78, 5) is 11.1. The smallest absolute Gasteiger partial charge is 0.416 e. The lowest BCUT2D eigenvalue weighted by molar-refractivity contribution is -0.137. The van der Waals surface area contributed by atoms with Crippen LogP contribution in [-0.2, 0) is 11.0 Å². The molecule has 1 heterocycles. The van der Waals surface area contributed by atoms with Crippen LogP contribution >= 0.6 is 11.3 Å². The number of carboxylic acids is 1. The molecule has 0 amide bonds. The lowest BCUT2D eigenvalue weighted by Gasteiger charge is -2.05. The van der Waals surface area contributed by atoms with Crippen LogP contribution in [0.5, 0.6) is 0 Å². The number of rotatable bonds is 3. The SMILES string of the molecule is O=C(O)CNc1ccc(C#Cc2ccc(C(F)(F)F)cc2)s1. The molecule has 0 fully saturated rings. The van der Waals surface area contributed by atoms with Crippen LogP contribution in [-0.4, -0.2) is 17.6 Å². The Morgan fingerprint density at radius 3 is 2.41 bits per heavy atom. The van der Waals surface area contributed by atoms with Crippen molar-refractivity contribution in [3.05, 3.63) is 52.4 Å². The number of anilines is 1. The average molecular weight is 325 g/mol. The lowest BCUT2D eigenvalue weighted by Crippen LogP contribution is -2.11. The number of nitrogens with one attached hydrogen (secondary N) is 1. The molecule has 0 saturated carbocycles. The Hall–Kier alpha value is -2.46. The molecule has 0 saturated heterocycles. The minimum Gasteiger partial charge on any atom is -0.480 e. The number of benzene rings is 1. The zero-order valence-electron chi connectivity index (χ0n) is 11.1. The zero-order valence-corrected chi connectivity index (χ0v) is 11.9. The van der Waals surface area contributed by atoms with E-state index in [9.17, 15) is 18.0 Å². The highest BCUT2D eigenvalue weighted by Gasteiger charge is 2.29. The first-order valence-corrected chi connectivity index (χ1v) is 6.91. The summed E-state index contributed by atoms with van der Waals surface area (Å²) in [7, 11) is 0. The summed E-state index contributed by atoms with van der Waals surface area (Å²) in [6.07, 6.45) is -4.36. The summed E-state index contributed by atoms with van der Waals surface area (Å²) in [5.74, 6) is 4.63. The first kappa shape index (κ1) is 15.9. The number of hydrogen-bond donors (Lipinski definition) is 2. The number of thiophene rings is 1. The second-order valence-corrected chi connectivity index (χ2v) is 5.32. The normalized spacial score (nSPS) is 10.7. The van der Waals surface area contributed by atoms with Gasteiger partial charge in [-0.2, -0.15) is 13.2 Å². The summed E-state index contributed by atoms with van der Waals surface area (Å²) in [6.45, 7) is -0.188. The van der Waals surface area contributed by atoms with Gasteiger partial charge in [0, 0.05) is 5.56 Å². The molecule has 0 unspecified atom stereocenters. The van der Waals surface area contributed by atoms with E-state index in [-0.39, 0.29) is 6.54 Å². The molecule has 0 radical (unpaired) electrons. The Morgan fingerprint density at radius 1 is 1.14 bits per heavy atom. The molecule has 0 aliphatic carbocycles. The van der Waals surface area contributed by atoms with Crippen LogP contribution in [0.15, 0.2) is 36.4 Å². The molecule has 2 N–H and O–H groups in total. The highest BCUT2D eigenvalue weighted by atomic mass is 32.1. The maximum Gasteiger partial charge on any atom is 0.416 e. The molecular formula is C15H10F3NO2S.